The number of nitrogens with one attached hydrogen (secondary N) is 1. The first-order valence-electron chi connectivity index (χ1n) is 5.48. The van der Waals surface area contributed by atoms with Crippen molar-refractivity contribution in [2.24, 2.45) is 0 Å². The topological polar surface area (TPSA) is 12.0 Å². The molecule has 0 amide bonds. The molecule has 0 aliphatic rings. The van der Waals surface area contributed by atoms with Crippen molar-refractivity contribution in [3.05, 3.63) is 65.7 Å². The Bertz CT molecular complexity index is 562. The second-order valence-electron chi connectivity index (χ2n) is 3.68. The van der Waals surface area contributed by atoms with Gasteiger partial charge in [-0.25, -0.2) is 8.78 Å². The maximum atomic E-state index is 12.9. The molecule has 2 aromatic rings. The van der Waals surface area contributed by atoms with Crippen molar-refractivity contribution in [1.82, 2.24) is 0 Å². The lowest BCUT2D eigenvalue weighted by atomic mass is 10.2. The first-order chi connectivity index (χ1) is 8.74. The maximum absolute atomic E-state index is 12.9. The number of halogens is 2. The van der Waals surface area contributed by atoms with Crippen LogP contribution < -0.4 is 5.32 Å². The van der Waals surface area contributed by atoms with Gasteiger partial charge in [0.1, 0.15) is 11.6 Å². The van der Waals surface area contributed by atoms with Gasteiger partial charge in [-0.1, -0.05) is 30.0 Å². The predicted molar refractivity (Wildman–Crippen MR) is 68.2 cm³/mol. The largest absolute Gasteiger partial charge is 0.374 e. The molecule has 0 aromatic heterocycles. The molecule has 0 bridgehead atoms. The molecule has 18 heavy (non-hydrogen) atoms. The van der Waals surface area contributed by atoms with Gasteiger partial charge in [0, 0.05) is 17.3 Å². The van der Waals surface area contributed by atoms with Crippen molar-refractivity contribution in [2.75, 3.05) is 11.9 Å². The molecule has 0 saturated carbocycles. The highest BCUT2D eigenvalue weighted by atomic mass is 19.1. The van der Waals surface area contributed by atoms with E-state index < -0.39 is 11.6 Å². The minimum atomic E-state index is -0.603. The van der Waals surface area contributed by atoms with Crippen molar-refractivity contribution in [1.29, 1.82) is 0 Å². The van der Waals surface area contributed by atoms with Crippen LogP contribution in [0.5, 0.6) is 0 Å². The molecule has 0 aliphatic heterocycles. The molecule has 3 heteroatoms. The molecule has 0 radical (unpaired) electrons. The SMILES string of the molecule is Fc1cc(F)cc(NCC#Cc2ccccc2)c1. The highest BCUT2D eigenvalue weighted by molar-refractivity contribution is 5.45. The lowest BCUT2D eigenvalue weighted by molar-refractivity contribution is 0.584. The van der Waals surface area contributed by atoms with Gasteiger partial charge in [-0.05, 0) is 24.3 Å². The van der Waals surface area contributed by atoms with E-state index >= 15 is 0 Å². The molecule has 0 atom stereocenters. The summed E-state index contributed by atoms with van der Waals surface area (Å²) in [6.45, 7) is 0.331. The van der Waals surface area contributed by atoms with Gasteiger partial charge in [0.05, 0.1) is 6.54 Å². The van der Waals surface area contributed by atoms with Crippen LogP contribution in [0.4, 0.5) is 14.5 Å². The molecule has 0 saturated heterocycles. The van der Waals surface area contributed by atoms with Crippen LogP contribution in [0.1, 0.15) is 5.56 Å². The minimum Gasteiger partial charge on any atom is -0.374 e. The first-order valence-corrected chi connectivity index (χ1v) is 5.48. The van der Waals surface area contributed by atoms with Crippen LogP contribution in [0.3, 0.4) is 0 Å². The number of rotatable bonds is 2. The Morgan fingerprint density at radius 2 is 1.61 bits per heavy atom. The Balaban J connectivity index is 1.95. The average molecular weight is 243 g/mol. The number of benzene rings is 2. The zero-order chi connectivity index (χ0) is 12.8. The van der Waals surface area contributed by atoms with E-state index in [2.05, 4.69) is 17.2 Å². The number of hydrogen-bond donors (Lipinski definition) is 1. The quantitative estimate of drug-likeness (QED) is 0.797. The summed E-state index contributed by atoms with van der Waals surface area (Å²) in [4.78, 5) is 0. The van der Waals surface area contributed by atoms with E-state index in [-0.39, 0.29) is 0 Å². The van der Waals surface area contributed by atoms with Crippen LogP contribution in [0.15, 0.2) is 48.5 Å². The highest BCUT2D eigenvalue weighted by Gasteiger charge is 1.98. The molecule has 0 aliphatic carbocycles. The van der Waals surface area contributed by atoms with Crippen LogP contribution in [0.25, 0.3) is 0 Å². The fraction of sp³-hybridized carbons (Fsp3) is 0.0667. The predicted octanol–water partition coefficient (Wildman–Crippen LogP) is 3.43. The lowest BCUT2D eigenvalue weighted by Gasteiger charge is -2.02. The molecule has 90 valence electrons. The van der Waals surface area contributed by atoms with Gasteiger partial charge in [0.2, 0.25) is 0 Å². The molecule has 1 N–H and O–H groups in total. The first kappa shape index (κ1) is 12.1. The van der Waals surface area contributed by atoms with Crippen LogP contribution in [0.2, 0.25) is 0 Å². The zero-order valence-electron chi connectivity index (χ0n) is 9.58. The van der Waals surface area contributed by atoms with Crippen molar-refractivity contribution >= 4 is 5.69 Å². The number of anilines is 1. The summed E-state index contributed by atoms with van der Waals surface area (Å²) < 4.78 is 25.8. The summed E-state index contributed by atoms with van der Waals surface area (Å²) in [6, 6.07) is 12.8. The van der Waals surface area contributed by atoms with Gasteiger partial charge in [-0.3, -0.25) is 0 Å². The van der Waals surface area contributed by atoms with Gasteiger partial charge in [-0.15, -0.1) is 0 Å². The monoisotopic (exact) mass is 243 g/mol. The van der Waals surface area contributed by atoms with Crippen molar-refractivity contribution < 1.29 is 8.78 Å². The Hall–Kier alpha value is -2.34. The Morgan fingerprint density at radius 1 is 0.944 bits per heavy atom. The minimum absolute atomic E-state index is 0.331. The normalized spacial score (nSPS) is 9.44. The van der Waals surface area contributed by atoms with Crippen LogP contribution in [0, 0.1) is 23.5 Å². The van der Waals surface area contributed by atoms with Crippen LogP contribution >= 0.6 is 0 Å². The van der Waals surface area contributed by atoms with E-state index in [9.17, 15) is 8.78 Å². The van der Waals surface area contributed by atoms with E-state index in [0.717, 1.165) is 11.6 Å². The fourth-order valence-electron chi connectivity index (χ4n) is 1.47. The van der Waals surface area contributed by atoms with Gasteiger partial charge in [0.25, 0.3) is 0 Å². The third-order valence-electron chi connectivity index (χ3n) is 2.25. The van der Waals surface area contributed by atoms with Crippen molar-refractivity contribution in [3.63, 3.8) is 0 Å². The zero-order valence-corrected chi connectivity index (χ0v) is 9.58. The molecular formula is C15H11F2N. The van der Waals surface area contributed by atoms with E-state index in [1.54, 1.807) is 0 Å². The number of hydrogen-bond acceptors (Lipinski definition) is 1. The highest BCUT2D eigenvalue weighted by Crippen LogP contribution is 2.12. The summed E-state index contributed by atoms with van der Waals surface area (Å²) in [5.74, 6) is 4.62. The van der Waals surface area contributed by atoms with E-state index in [1.165, 1.54) is 12.1 Å². The van der Waals surface area contributed by atoms with Gasteiger partial charge < -0.3 is 5.32 Å². The maximum Gasteiger partial charge on any atom is 0.128 e. The summed E-state index contributed by atoms with van der Waals surface area (Å²) in [5, 5.41) is 2.84. The molecular weight excluding hydrogens is 232 g/mol. The molecule has 1 nitrogen and oxygen atoms in total. The van der Waals surface area contributed by atoms with Crippen molar-refractivity contribution in [3.8, 4) is 11.8 Å². The van der Waals surface area contributed by atoms with Crippen LogP contribution in [-0.2, 0) is 0 Å². The molecule has 0 fully saturated rings. The van der Waals surface area contributed by atoms with Gasteiger partial charge in [-0.2, -0.15) is 0 Å². The van der Waals surface area contributed by atoms with Crippen molar-refractivity contribution in [2.45, 2.75) is 0 Å². The van der Waals surface area contributed by atoms with E-state index in [0.29, 0.717) is 12.2 Å². The van der Waals surface area contributed by atoms with E-state index in [4.69, 9.17) is 0 Å². The smallest absolute Gasteiger partial charge is 0.128 e. The molecule has 2 aromatic carbocycles. The average Bonchev–Trinajstić information content (AvgIpc) is 2.35. The summed E-state index contributed by atoms with van der Waals surface area (Å²) >= 11 is 0. The van der Waals surface area contributed by atoms with Gasteiger partial charge in [0.15, 0.2) is 0 Å². The lowest BCUT2D eigenvalue weighted by Crippen LogP contribution is -1.99. The Morgan fingerprint density at radius 3 is 2.28 bits per heavy atom. The molecule has 0 unspecified atom stereocenters. The van der Waals surface area contributed by atoms with E-state index in [1.807, 2.05) is 30.3 Å². The molecule has 0 spiro atoms. The van der Waals surface area contributed by atoms with Gasteiger partial charge >= 0.3 is 0 Å². The Kier molecular flexibility index (Phi) is 3.93. The Labute approximate surface area is 104 Å². The summed E-state index contributed by atoms with van der Waals surface area (Å²) in [5.41, 5.74) is 1.29. The fourth-order valence-corrected chi connectivity index (χ4v) is 1.47. The standard InChI is InChI=1S/C15H11F2N/c16-13-9-14(17)11-15(10-13)18-8-4-7-12-5-2-1-3-6-12/h1-3,5-6,9-11,18H,8H2. The van der Waals surface area contributed by atoms with Crippen LogP contribution in [-0.4, -0.2) is 6.54 Å². The third kappa shape index (κ3) is 3.60. The second kappa shape index (κ2) is 5.83. The third-order valence-corrected chi connectivity index (χ3v) is 2.25. The summed E-state index contributed by atoms with van der Waals surface area (Å²) in [6.07, 6.45) is 0. The summed E-state index contributed by atoms with van der Waals surface area (Å²) in [7, 11) is 0. The molecule has 0 heterocycles. The second-order valence-corrected chi connectivity index (χ2v) is 3.68. The molecule has 2 rings (SSSR count).